The molecule has 2 heterocycles. The minimum Gasteiger partial charge on any atom is -0.338 e. The van der Waals surface area contributed by atoms with Crippen LogP contribution in [-0.2, 0) is 12.1 Å². The lowest BCUT2D eigenvalue weighted by Crippen LogP contribution is -2.30. The number of aromatic nitrogens is 2. The summed E-state index contributed by atoms with van der Waals surface area (Å²) >= 11 is 0. The van der Waals surface area contributed by atoms with Crippen LogP contribution in [0.25, 0.3) is 0 Å². The molecule has 1 aliphatic carbocycles. The third kappa shape index (κ3) is 2.29. The van der Waals surface area contributed by atoms with Crippen molar-refractivity contribution in [3.8, 4) is 0 Å². The van der Waals surface area contributed by atoms with Gasteiger partial charge in [0, 0.05) is 13.1 Å². The first kappa shape index (κ1) is 12.1. The molecule has 2 atom stereocenters. The summed E-state index contributed by atoms with van der Waals surface area (Å²) in [5.41, 5.74) is 5.43. The van der Waals surface area contributed by atoms with Gasteiger partial charge in [0.05, 0.1) is 12.1 Å². The van der Waals surface area contributed by atoms with E-state index in [0.29, 0.717) is 11.7 Å². The standard InChI is InChI=1S/C13H22N4O/c1-13(2,14)12-15-11(18-16-12)8-17-6-9-4-3-5-10(9)7-17/h9-10H,3-8,14H2,1-2H3. The molecular weight excluding hydrogens is 228 g/mol. The topological polar surface area (TPSA) is 68.2 Å². The Hall–Kier alpha value is -0.940. The van der Waals surface area contributed by atoms with Gasteiger partial charge < -0.3 is 10.3 Å². The highest BCUT2D eigenvalue weighted by atomic mass is 16.5. The van der Waals surface area contributed by atoms with E-state index in [4.69, 9.17) is 10.3 Å². The van der Waals surface area contributed by atoms with Crippen molar-refractivity contribution in [2.45, 2.75) is 45.2 Å². The molecule has 2 unspecified atom stereocenters. The van der Waals surface area contributed by atoms with Crippen molar-refractivity contribution in [3.05, 3.63) is 11.7 Å². The minimum atomic E-state index is -0.525. The molecule has 0 bridgehead atoms. The highest BCUT2D eigenvalue weighted by Crippen LogP contribution is 2.38. The second-order valence-corrected chi connectivity index (χ2v) is 6.38. The van der Waals surface area contributed by atoms with Crippen LogP contribution in [0.4, 0.5) is 0 Å². The van der Waals surface area contributed by atoms with Crippen LogP contribution in [0.5, 0.6) is 0 Å². The monoisotopic (exact) mass is 250 g/mol. The molecule has 3 rings (SSSR count). The van der Waals surface area contributed by atoms with Crippen LogP contribution in [0.2, 0.25) is 0 Å². The lowest BCUT2D eigenvalue weighted by molar-refractivity contribution is 0.251. The van der Waals surface area contributed by atoms with Gasteiger partial charge >= 0.3 is 0 Å². The zero-order valence-corrected chi connectivity index (χ0v) is 11.2. The Morgan fingerprint density at radius 1 is 1.33 bits per heavy atom. The number of nitrogens with two attached hydrogens (primary N) is 1. The molecule has 18 heavy (non-hydrogen) atoms. The molecule has 2 aliphatic rings. The minimum absolute atomic E-state index is 0.525. The van der Waals surface area contributed by atoms with E-state index in [1.165, 1.54) is 32.4 Å². The van der Waals surface area contributed by atoms with Gasteiger partial charge in [0.15, 0.2) is 5.82 Å². The molecule has 0 amide bonds. The molecule has 100 valence electrons. The van der Waals surface area contributed by atoms with E-state index >= 15 is 0 Å². The first-order valence-electron chi connectivity index (χ1n) is 6.86. The van der Waals surface area contributed by atoms with E-state index in [1.54, 1.807) is 0 Å². The lowest BCUT2D eigenvalue weighted by atomic mass is 10.0. The first-order chi connectivity index (χ1) is 8.52. The smallest absolute Gasteiger partial charge is 0.240 e. The molecule has 1 saturated heterocycles. The van der Waals surface area contributed by atoms with Crippen molar-refractivity contribution in [2.24, 2.45) is 17.6 Å². The molecule has 5 heteroatoms. The third-order valence-electron chi connectivity index (χ3n) is 4.21. The van der Waals surface area contributed by atoms with Crippen LogP contribution in [-0.4, -0.2) is 28.1 Å². The van der Waals surface area contributed by atoms with Gasteiger partial charge in [0.25, 0.3) is 0 Å². The predicted octanol–water partition coefficient (Wildman–Crippen LogP) is 1.50. The van der Waals surface area contributed by atoms with Crippen LogP contribution in [0.3, 0.4) is 0 Å². The first-order valence-corrected chi connectivity index (χ1v) is 6.86. The Morgan fingerprint density at radius 3 is 2.56 bits per heavy atom. The van der Waals surface area contributed by atoms with Crippen molar-refractivity contribution in [1.29, 1.82) is 0 Å². The Balaban J connectivity index is 1.62. The van der Waals surface area contributed by atoms with Crippen LogP contribution in [0.15, 0.2) is 4.52 Å². The number of fused-ring (bicyclic) bond motifs is 1. The van der Waals surface area contributed by atoms with Gasteiger partial charge in [0.1, 0.15) is 0 Å². The van der Waals surface area contributed by atoms with Crippen molar-refractivity contribution < 1.29 is 4.52 Å². The molecule has 2 N–H and O–H groups in total. The van der Waals surface area contributed by atoms with Gasteiger partial charge in [-0.05, 0) is 38.5 Å². The Bertz CT molecular complexity index is 411. The van der Waals surface area contributed by atoms with Crippen LogP contribution >= 0.6 is 0 Å². The van der Waals surface area contributed by atoms with Gasteiger partial charge in [-0.25, -0.2) is 0 Å². The summed E-state index contributed by atoms with van der Waals surface area (Å²) in [4.78, 5) is 6.83. The highest BCUT2D eigenvalue weighted by Gasteiger charge is 2.36. The molecule has 1 aromatic rings. The molecule has 1 saturated carbocycles. The second-order valence-electron chi connectivity index (χ2n) is 6.38. The fourth-order valence-corrected chi connectivity index (χ4v) is 3.23. The maximum absolute atomic E-state index is 5.95. The van der Waals surface area contributed by atoms with Gasteiger partial charge in [-0.3, -0.25) is 4.90 Å². The van der Waals surface area contributed by atoms with Crippen molar-refractivity contribution in [3.63, 3.8) is 0 Å². The molecule has 0 spiro atoms. The molecule has 2 fully saturated rings. The van der Waals surface area contributed by atoms with Crippen molar-refractivity contribution >= 4 is 0 Å². The number of hydrogen-bond donors (Lipinski definition) is 1. The van der Waals surface area contributed by atoms with Crippen LogP contribution in [0.1, 0.15) is 44.8 Å². The summed E-state index contributed by atoms with van der Waals surface area (Å²) in [6.45, 7) is 6.93. The maximum Gasteiger partial charge on any atom is 0.240 e. The van der Waals surface area contributed by atoms with Gasteiger partial charge in [-0.2, -0.15) is 4.98 Å². The van der Waals surface area contributed by atoms with Crippen LogP contribution < -0.4 is 5.73 Å². The van der Waals surface area contributed by atoms with E-state index in [1.807, 2.05) is 13.8 Å². The quantitative estimate of drug-likeness (QED) is 0.880. The van der Waals surface area contributed by atoms with E-state index in [-0.39, 0.29) is 0 Å². The largest absolute Gasteiger partial charge is 0.338 e. The highest BCUT2D eigenvalue weighted by molar-refractivity contribution is 4.99. The second kappa shape index (κ2) is 4.31. The Kier molecular flexibility index (Phi) is 2.90. The summed E-state index contributed by atoms with van der Waals surface area (Å²) in [7, 11) is 0. The maximum atomic E-state index is 5.95. The normalized spacial score (nSPS) is 28.8. The van der Waals surface area contributed by atoms with Crippen molar-refractivity contribution in [1.82, 2.24) is 15.0 Å². The predicted molar refractivity (Wildman–Crippen MR) is 67.6 cm³/mol. The van der Waals surface area contributed by atoms with Crippen LogP contribution in [0, 0.1) is 11.8 Å². The third-order valence-corrected chi connectivity index (χ3v) is 4.21. The molecule has 0 radical (unpaired) electrons. The molecular formula is C13H22N4O. The van der Waals surface area contributed by atoms with E-state index < -0.39 is 5.54 Å². The fraction of sp³-hybridized carbons (Fsp3) is 0.846. The van der Waals surface area contributed by atoms with Crippen molar-refractivity contribution in [2.75, 3.05) is 13.1 Å². The molecule has 1 aliphatic heterocycles. The molecule has 1 aromatic heterocycles. The fourth-order valence-electron chi connectivity index (χ4n) is 3.23. The summed E-state index contributed by atoms with van der Waals surface area (Å²) in [5.74, 6) is 3.09. The average molecular weight is 250 g/mol. The average Bonchev–Trinajstić information content (AvgIpc) is 2.90. The SMILES string of the molecule is CC(C)(N)c1noc(CN2CC3CCCC3C2)n1. The molecule has 5 nitrogen and oxygen atoms in total. The number of rotatable bonds is 3. The van der Waals surface area contributed by atoms with Gasteiger partial charge in [-0.15, -0.1) is 0 Å². The Morgan fingerprint density at radius 2 is 2.00 bits per heavy atom. The number of likely N-dealkylation sites (tertiary alicyclic amines) is 1. The summed E-state index contributed by atoms with van der Waals surface area (Å²) in [6, 6.07) is 0. The van der Waals surface area contributed by atoms with E-state index in [2.05, 4.69) is 15.0 Å². The zero-order valence-electron chi connectivity index (χ0n) is 11.2. The summed E-state index contributed by atoms with van der Waals surface area (Å²) in [6.07, 6.45) is 4.20. The summed E-state index contributed by atoms with van der Waals surface area (Å²) in [5, 5.41) is 3.96. The molecule has 0 aromatic carbocycles. The van der Waals surface area contributed by atoms with Gasteiger partial charge in [0.2, 0.25) is 5.89 Å². The van der Waals surface area contributed by atoms with Gasteiger partial charge in [-0.1, -0.05) is 11.6 Å². The summed E-state index contributed by atoms with van der Waals surface area (Å²) < 4.78 is 5.29. The Labute approximate surface area is 108 Å². The van der Waals surface area contributed by atoms with E-state index in [9.17, 15) is 0 Å². The lowest BCUT2D eigenvalue weighted by Gasteiger charge is -2.14. The number of hydrogen-bond acceptors (Lipinski definition) is 5. The zero-order chi connectivity index (χ0) is 12.8. The van der Waals surface area contributed by atoms with E-state index in [0.717, 1.165) is 18.4 Å². The number of nitrogens with zero attached hydrogens (tertiary/aromatic N) is 3.